The van der Waals surface area contributed by atoms with Gasteiger partial charge in [-0.15, -0.1) is 0 Å². The highest BCUT2D eigenvalue weighted by molar-refractivity contribution is 5.83. The predicted octanol–water partition coefficient (Wildman–Crippen LogP) is 1.43. The Morgan fingerprint density at radius 1 is 1.38 bits per heavy atom. The Morgan fingerprint density at radius 2 is 2.25 bits per heavy atom. The van der Waals surface area contributed by atoms with Crippen LogP contribution in [0.5, 0.6) is 0 Å². The first-order valence-electron chi connectivity index (χ1n) is 11.8. The van der Waals surface area contributed by atoms with Gasteiger partial charge in [-0.25, -0.2) is 4.39 Å². The lowest BCUT2D eigenvalue weighted by atomic mass is 9.97. The first kappa shape index (κ1) is 21.6. The number of halogens is 1. The molecular weight excluding hydrogens is 409 g/mol. The second-order valence-electron chi connectivity index (χ2n) is 9.78. The summed E-state index contributed by atoms with van der Waals surface area (Å²) < 4.78 is 20.9. The van der Waals surface area contributed by atoms with E-state index in [-0.39, 0.29) is 30.3 Å². The van der Waals surface area contributed by atoms with Crippen LogP contribution in [-0.2, 0) is 16.0 Å². The molecule has 5 rings (SSSR count). The molecule has 3 heterocycles. The number of benzene rings is 1. The lowest BCUT2D eigenvalue weighted by Gasteiger charge is -2.46. The SMILES string of the molecule is CN1CCO[C@@H]2CCN(c3ccc(C[C@@H](C#N)NC(=O)C4NC5CCC4C5)c(F)c3)C[C@@H]21. The maximum absolute atomic E-state index is 15.0. The van der Waals surface area contributed by atoms with Gasteiger partial charge in [0, 0.05) is 37.8 Å². The number of nitriles is 1. The molecule has 1 aromatic carbocycles. The van der Waals surface area contributed by atoms with Crippen LogP contribution in [-0.4, -0.2) is 74.4 Å². The van der Waals surface area contributed by atoms with Crippen molar-refractivity contribution in [3.8, 4) is 6.07 Å². The number of ether oxygens (including phenoxy) is 1. The fraction of sp³-hybridized carbons (Fsp3) is 0.667. The lowest BCUT2D eigenvalue weighted by Crippen LogP contribution is -2.58. The van der Waals surface area contributed by atoms with Crippen LogP contribution in [0.25, 0.3) is 0 Å². The number of carbonyl (C=O) groups is 1. The highest BCUT2D eigenvalue weighted by Gasteiger charge is 2.43. The summed E-state index contributed by atoms with van der Waals surface area (Å²) >= 11 is 0. The number of carbonyl (C=O) groups excluding carboxylic acids is 1. The summed E-state index contributed by atoms with van der Waals surface area (Å²) in [5.74, 6) is -0.110. The normalized spacial score (nSPS) is 32.9. The second kappa shape index (κ2) is 8.97. The Balaban J connectivity index is 1.21. The van der Waals surface area contributed by atoms with Gasteiger partial charge in [0.1, 0.15) is 11.9 Å². The number of anilines is 1. The zero-order chi connectivity index (χ0) is 22.2. The first-order chi connectivity index (χ1) is 15.5. The molecule has 4 aliphatic rings. The summed E-state index contributed by atoms with van der Waals surface area (Å²) in [7, 11) is 2.12. The van der Waals surface area contributed by atoms with Gasteiger partial charge < -0.3 is 20.3 Å². The van der Waals surface area contributed by atoms with E-state index in [0.29, 0.717) is 23.6 Å². The molecule has 1 aromatic rings. The van der Waals surface area contributed by atoms with E-state index in [1.807, 2.05) is 6.07 Å². The number of amides is 1. The van der Waals surface area contributed by atoms with E-state index in [4.69, 9.17) is 4.74 Å². The average molecular weight is 442 g/mol. The van der Waals surface area contributed by atoms with Gasteiger partial charge in [-0.3, -0.25) is 9.69 Å². The number of piperidine rings is 2. The number of hydrogen-bond donors (Lipinski definition) is 2. The summed E-state index contributed by atoms with van der Waals surface area (Å²) in [4.78, 5) is 17.2. The number of hydrogen-bond acceptors (Lipinski definition) is 6. The Morgan fingerprint density at radius 3 is 2.97 bits per heavy atom. The van der Waals surface area contributed by atoms with Crippen molar-refractivity contribution in [1.29, 1.82) is 5.26 Å². The lowest BCUT2D eigenvalue weighted by molar-refractivity contribution is -0.124. The Bertz CT molecular complexity index is 905. The number of morpholine rings is 1. The van der Waals surface area contributed by atoms with Gasteiger partial charge in [0.05, 0.1) is 30.9 Å². The molecule has 1 aliphatic carbocycles. The third-order valence-corrected chi connectivity index (χ3v) is 7.80. The van der Waals surface area contributed by atoms with Crippen molar-refractivity contribution in [1.82, 2.24) is 15.5 Å². The van der Waals surface area contributed by atoms with Gasteiger partial charge in [-0.1, -0.05) is 6.07 Å². The molecule has 172 valence electrons. The minimum absolute atomic E-state index is 0.137. The fourth-order valence-electron chi connectivity index (χ4n) is 5.94. The topological polar surface area (TPSA) is 80.6 Å². The van der Waals surface area contributed by atoms with Gasteiger partial charge in [0.15, 0.2) is 0 Å². The minimum atomic E-state index is -0.743. The van der Waals surface area contributed by atoms with E-state index in [1.165, 1.54) is 0 Å². The van der Waals surface area contributed by atoms with Crippen molar-refractivity contribution in [2.75, 3.05) is 38.2 Å². The summed E-state index contributed by atoms with van der Waals surface area (Å²) in [6, 6.07) is 7.15. The van der Waals surface area contributed by atoms with Crippen LogP contribution in [0, 0.1) is 23.1 Å². The standard InChI is InChI=1S/C24H32FN5O2/c1-29-8-9-32-22-6-7-30(14-21(22)29)19-5-3-15(20(25)12-19)10-18(13-26)28-24(31)23-16-2-4-17(11-16)27-23/h3,5,12,16-18,21-23,27H,2,4,6-11,14H2,1H3,(H,28,31)/t16?,17?,18-,21-,22+,23?/m0/s1. The third-order valence-electron chi connectivity index (χ3n) is 7.80. The van der Waals surface area contributed by atoms with Crippen molar-refractivity contribution >= 4 is 11.6 Å². The van der Waals surface area contributed by atoms with Gasteiger partial charge in [0.2, 0.25) is 5.91 Å². The molecule has 2 bridgehead atoms. The number of rotatable bonds is 5. The smallest absolute Gasteiger partial charge is 0.238 e. The first-order valence-corrected chi connectivity index (χ1v) is 11.8. The summed E-state index contributed by atoms with van der Waals surface area (Å²) in [6.45, 7) is 3.34. The molecule has 3 saturated heterocycles. The van der Waals surface area contributed by atoms with Crippen LogP contribution < -0.4 is 15.5 Å². The van der Waals surface area contributed by atoms with Crippen LogP contribution in [0.4, 0.5) is 10.1 Å². The highest BCUT2D eigenvalue weighted by Crippen LogP contribution is 2.35. The van der Waals surface area contributed by atoms with Crippen LogP contribution in [0.15, 0.2) is 18.2 Å². The minimum Gasteiger partial charge on any atom is -0.375 e. The monoisotopic (exact) mass is 441 g/mol. The van der Waals surface area contributed by atoms with Gasteiger partial charge in [0.25, 0.3) is 0 Å². The van der Waals surface area contributed by atoms with Gasteiger partial charge >= 0.3 is 0 Å². The molecule has 3 unspecified atom stereocenters. The molecule has 2 N–H and O–H groups in total. The Kier molecular flexibility index (Phi) is 6.06. The maximum Gasteiger partial charge on any atom is 0.238 e. The van der Waals surface area contributed by atoms with E-state index in [2.05, 4.69) is 33.6 Å². The van der Waals surface area contributed by atoms with Crippen molar-refractivity contribution in [3.63, 3.8) is 0 Å². The molecule has 4 fully saturated rings. The largest absolute Gasteiger partial charge is 0.375 e. The fourth-order valence-corrected chi connectivity index (χ4v) is 5.94. The summed E-state index contributed by atoms with van der Waals surface area (Å²) in [6.07, 6.45) is 4.55. The van der Waals surface area contributed by atoms with Crippen molar-refractivity contribution in [2.45, 2.75) is 62.4 Å². The van der Waals surface area contributed by atoms with Crippen LogP contribution in [0.3, 0.4) is 0 Å². The van der Waals surface area contributed by atoms with Crippen molar-refractivity contribution in [3.05, 3.63) is 29.6 Å². The van der Waals surface area contributed by atoms with Crippen LogP contribution in [0.1, 0.15) is 31.2 Å². The molecule has 32 heavy (non-hydrogen) atoms. The Labute approximate surface area is 188 Å². The number of nitrogens with one attached hydrogen (secondary N) is 2. The van der Waals surface area contributed by atoms with E-state index in [0.717, 1.165) is 57.6 Å². The molecule has 3 aliphatic heterocycles. The zero-order valence-corrected chi connectivity index (χ0v) is 18.6. The number of nitrogens with zero attached hydrogens (tertiary/aromatic N) is 3. The van der Waals surface area contributed by atoms with Crippen LogP contribution >= 0.6 is 0 Å². The molecule has 7 nitrogen and oxygen atoms in total. The molecule has 0 spiro atoms. The van der Waals surface area contributed by atoms with E-state index in [1.54, 1.807) is 12.1 Å². The third kappa shape index (κ3) is 4.21. The zero-order valence-electron chi connectivity index (χ0n) is 18.6. The van der Waals surface area contributed by atoms with Crippen LogP contribution in [0.2, 0.25) is 0 Å². The second-order valence-corrected chi connectivity index (χ2v) is 9.78. The summed E-state index contributed by atoms with van der Waals surface area (Å²) in [5.41, 5.74) is 1.31. The predicted molar refractivity (Wildman–Crippen MR) is 119 cm³/mol. The molecule has 6 atom stereocenters. The maximum atomic E-state index is 15.0. The molecular formula is C24H32FN5O2. The molecule has 0 aromatic heterocycles. The molecule has 0 radical (unpaired) electrons. The van der Waals surface area contributed by atoms with Gasteiger partial charge in [-0.2, -0.15) is 5.26 Å². The average Bonchev–Trinajstić information content (AvgIpc) is 3.44. The number of fused-ring (bicyclic) bond motifs is 3. The van der Waals surface area contributed by atoms with E-state index in [9.17, 15) is 14.4 Å². The Hall–Kier alpha value is -2.21. The van der Waals surface area contributed by atoms with E-state index >= 15 is 0 Å². The molecule has 8 heteroatoms. The van der Waals surface area contributed by atoms with E-state index < -0.39 is 6.04 Å². The number of likely N-dealkylation sites (N-methyl/N-ethyl adjacent to an activating group) is 1. The molecule has 1 amide bonds. The highest BCUT2D eigenvalue weighted by atomic mass is 19.1. The van der Waals surface area contributed by atoms with Gasteiger partial charge in [-0.05, 0) is 56.3 Å². The van der Waals surface area contributed by atoms with Crippen molar-refractivity contribution in [2.24, 2.45) is 5.92 Å². The van der Waals surface area contributed by atoms with Crippen molar-refractivity contribution < 1.29 is 13.9 Å². The summed E-state index contributed by atoms with van der Waals surface area (Å²) in [5, 5.41) is 15.7. The quantitative estimate of drug-likeness (QED) is 0.720. The molecule has 1 saturated carbocycles.